The summed E-state index contributed by atoms with van der Waals surface area (Å²) in [7, 11) is -2.25. The maximum absolute atomic E-state index is 13.0. The van der Waals surface area contributed by atoms with Gasteiger partial charge in [0.25, 0.3) is 0 Å². The van der Waals surface area contributed by atoms with Crippen molar-refractivity contribution in [1.29, 1.82) is 0 Å². The van der Waals surface area contributed by atoms with Crippen LogP contribution in [0.2, 0.25) is 0 Å². The van der Waals surface area contributed by atoms with E-state index in [-0.39, 0.29) is 5.97 Å². The van der Waals surface area contributed by atoms with Crippen LogP contribution in [0, 0.1) is 11.3 Å². The van der Waals surface area contributed by atoms with Gasteiger partial charge in [-0.3, -0.25) is 9.69 Å². The zero-order valence-electron chi connectivity index (χ0n) is 18.3. The van der Waals surface area contributed by atoms with Gasteiger partial charge in [0.15, 0.2) is 0 Å². The fourth-order valence-corrected chi connectivity index (χ4v) is 5.84. The Hall–Kier alpha value is -0.640. The van der Waals surface area contributed by atoms with Crippen LogP contribution in [0.5, 0.6) is 0 Å². The van der Waals surface area contributed by atoms with E-state index < -0.39 is 12.6 Å². The Kier molecular flexibility index (Phi) is 10.3. The fraction of sp³-hybridized carbons (Fsp3) is 0.857. The Balaban J connectivity index is 2.47. The molecule has 0 saturated carbocycles. The summed E-state index contributed by atoms with van der Waals surface area (Å²) >= 11 is 0. The van der Waals surface area contributed by atoms with E-state index in [4.69, 9.17) is 9.47 Å². The van der Waals surface area contributed by atoms with Crippen molar-refractivity contribution in [3.63, 3.8) is 0 Å². The molecule has 0 radical (unpaired) electrons. The van der Waals surface area contributed by atoms with Crippen LogP contribution in [0.1, 0.15) is 60.8 Å². The topological polar surface area (TPSA) is 55.8 Å². The normalized spacial score (nSPS) is 21.4. The third kappa shape index (κ3) is 9.91. The summed E-state index contributed by atoms with van der Waals surface area (Å²) in [5.41, 5.74) is 0.769. The molecule has 0 fully saturated rings. The van der Waals surface area contributed by atoms with Gasteiger partial charge in [0.1, 0.15) is 7.14 Å². The minimum absolute atomic E-state index is 0.173. The van der Waals surface area contributed by atoms with Gasteiger partial charge in [-0.05, 0) is 52.3 Å². The number of allylic oxidation sites excluding steroid dienone is 1. The van der Waals surface area contributed by atoms with Crippen molar-refractivity contribution in [2.75, 3.05) is 45.4 Å². The second-order valence-electron chi connectivity index (χ2n) is 8.99. The first-order chi connectivity index (χ1) is 12.6. The van der Waals surface area contributed by atoms with Crippen LogP contribution in [0.15, 0.2) is 11.4 Å². The number of esters is 1. The molecule has 0 aliphatic carbocycles. The molecule has 0 aromatic heterocycles. The highest BCUT2D eigenvalue weighted by Crippen LogP contribution is 2.54. The summed E-state index contributed by atoms with van der Waals surface area (Å²) in [6.07, 6.45) is 4.18. The molecule has 1 rings (SSSR count). The van der Waals surface area contributed by atoms with Gasteiger partial charge in [-0.15, -0.1) is 0 Å². The monoisotopic (exact) mass is 401 g/mol. The molecule has 6 heteroatoms. The third-order valence-electron chi connectivity index (χ3n) is 4.90. The van der Waals surface area contributed by atoms with Crippen LogP contribution in [0.3, 0.4) is 0 Å². The second kappa shape index (κ2) is 11.4. The average Bonchev–Trinajstić information content (AvgIpc) is 2.92. The highest BCUT2D eigenvalue weighted by Gasteiger charge is 2.27. The van der Waals surface area contributed by atoms with Crippen molar-refractivity contribution < 1.29 is 18.8 Å². The van der Waals surface area contributed by atoms with E-state index in [2.05, 4.69) is 25.7 Å². The van der Waals surface area contributed by atoms with E-state index in [0.29, 0.717) is 25.4 Å². The fourth-order valence-electron chi connectivity index (χ4n) is 2.87. The van der Waals surface area contributed by atoms with Crippen molar-refractivity contribution in [3.8, 4) is 0 Å². The van der Waals surface area contributed by atoms with Gasteiger partial charge < -0.3 is 14.0 Å². The van der Waals surface area contributed by atoms with Gasteiger partial charge in [0, 0.05) is 25.9 Å². The van der Waals surface area contributed by atoms with Crippen molar-refractivity contribution in [2.24, 2.45) is 11.3 Å². The highest BCUT2D eigenvalue weighted by molar-refractivity contribution is 7.67. The number of carbonyl (C=O) groups is 1. The van der Waals surface area contributed by atoms with Crippen molar-refractivity contribution in [3.05, 3.63) is 11.4 Å². The summed E-state index contributed by atoms with van der Waals surface area (Å²) < 4.78 is 24.2. The molecule has 158 valence electrons. The molecule has 0 amide bonds. The van der Waals surface area contributed by atoms with Crippen LogP contribution in [0.4, 0.5) is 0 Å². The SMILES string of the molecule is CCC(C)COCCN(CCCOC(=O)C(C)(C)C)CP1(=O)C=C(C)CC1. The summed E-state index contributed by atoms with van der Waals surface area (Å²) in [5, 5.41) is 0. The number of carbonyl (C=O) groups excluding carboxylic acids is 1. The van der Waals surface area contributed by atoms with Crippen molar-refractivity contribution in [2.45, 2.75) is 60.8 Å². The number of nitrogens with zero attached hydrogens (tertiary/aromatic N) is 1. The molecule has 0 saturated heterocycles. The van der Waals surface area contributed by atoms with Gasteiger partial charge in [-0.1, -0.05) is 25.8 Å². The maximum Gasteiger partial charge on any atom is 0.311 e. The lowest BCUT2D eigenvalue weighted by atomic mass is 9.97. The van der Waals surface area contributed by atoms with E-state index in [1.165, 1.54) is 5.57 Å². The van der Waals surface area contributed by atoms with Gasteiger partial charge in [-0.25, -0.2) is 0 Å². The molecule has 1 aliphatic rings. The van der Waals surface area contributed by atoms with Crippen LogP contribution in [-0.2, 0) is 18.8 Å². The minimum Gasteiger partial charge on any atom is -0.465 e. The summed E-state index contributed by atoms with van der Waals surface area (Å²) in [5.74, 6) is 2.39. The summed E-state index contributed by atoms with van der Waals surface area (Å²) in [6, 6.07) is 0. The molecule has 0 bridgehead atoms. The molecular weight excluding hydrogens is 361 g/mol. The Labute approximate surface area is 166 Å². The molecule has 2 unspecified atom stereocenters. The van der Waals surface area contributed by atoms with E-state index >= 15 is 0 Å². The van der Waals surface area contributed by atoms with Gasteiger partial charge in [0.2, 0.25) is 0 Å². The predicted molar refractivity (Wildman–Crippen MR) is 113 cm³/mol. The summed E-state index contributed by atoms with van der Waals surface area (Å²) in [6.45, 7) is 15.3. The quantitative estimate of drug-likeness (QED) is 0.263. The molecule has 1 heterocycles. The Bertz CT molecular complexity index is 539. The molecular formula is C21H40NO4P. The zero-order chi connectivity index (χ0) is 20.5. The molecule has 1 aliphatic heterocycles. The average molecular weight is 402 g/mol. The first-order valence-electron chi connectivity index (χ1n) is 10.3. The molecule has 0 spiro atoms. The summed E-state index contributed by atoms with van der Waals surface area (Å²) in [4.78, 5) is 14.1. The lowest BCUT2D eigenvalue weighted by Gasteiger charge is -2.25. The predicted octanol–water partition coefficient (Wildman–Crippen LogP) is 4.96. The van der Waals surface area contributed by atoms with Gasteiger partial charge >= 0.3 is 5.97 Å². The standard InChI is InChI=1S/C21H40NO4P/c1-7-18(2)15-25-13-11-22(17-27(24)14-9-19(3)16-27)10-8-12-26-20(23)21(4,5)6/h16,18H,7-15,17H2,1-6H3. The van der Waals surface area contributed by atoms with Crippen LogP contribution >= 0.6 is 7.14 Å². The van der Waals surface area contributed by atoms with Crippen LogP contribution in [-0.4, -0.2) is 56.2 Å². The number of hydrogen-bond acceptors (Lipinski definition) is 5. The first kappa shape index (κ1) is 24.4. The first-order valence-corrected chi connectivity index (χ1v) is 12.4. The molecule has 0 aromatic rings. The van der Waals surface area contributed by atoms with Gasteiger partial charge in [0.05, 0.1) is 24.9 Å². The Morgan fingerprint density at radius 3 is 2.56 bits per heavy atom. The molecule has 0 N–H and O–H groups in total. The van der Waals surface area contributed by atoms with Gasteiger partial charge in [-0.2, -0.15) is 0 Å². The zero-order valence-corrected chi connectivity index (χ0v) is 19.1. The third-order valence-corrected chi connectivity index (χ3v) is 7.67. The smallest absolute Gasteiger partial charge is 0.311 e. The minimum atomic E-state index is -2.25. The second-order valence-corrected chi connectivity index (χ2v) is 11.9. The lowest BCUT2D eigenvalue weighted by molar-refractivity contribution is -0.153. The van der Waals surface area contributed by atoms with E-state index in [9.17, 15) is 9.36 Å². The molecule has 0 aromatic carbocycles. The van der Waals surface area contributed by atoms with E-state index in [0.717, 1.165) is 45.1 Å². The number of hydrogen-bond donors (Lipinski definition) is 0. The lowest BCUT2D eigenvalue weighted by Crippen LogP contribution is -2.31. The number of rotatable bonds is 12. The Morgan fingerprint density at radius 1 is 1.30 bits per heavy atom. The van der Waals surface area contributed by atoms with Crippen LogP contribution in [0.25, 0.3) is 0 Å². The number of ether oxygens (including phenoxy) is 2. The Morgan fingerprint density at radius 2 is 2.00 bits per heavy atom. The molecule has 5 nitrogen and oxygen atoms in total. The highest BCUT2D eigenvalue weighted by atomic mass is 31.2. The molecule has 27 heavy (non-hydrogen) atoms. The van der Waals surface area contributed by atoms with Crippen molar-refractivity contribution in [1.82, 2.24) is 4.90 Å². The largest absolute Gasteiger partial charge is 0.465 e. The maximum atomic E-state index is 13.0. The molecule has 2 atom stereocenters. The van der Waals surface area contributed by atoms with Crippen molar-refractivity contribution >= 4 is 13.1 Å². The van der Waals surface area contributed by atoms with E-state index in [1.807, 2.05) is 26.6 Å². The van der Waals surface area contributed by atoms with Crippen LogP contribution < -0.4 is 0 Å². The van der Waals surface area contributed by atoms with E-state index in [1.54, 1.807) is 0 Å².